The van der Waals surface area contributed by atoms with Crippen LogP contribution in [0.1, 0.15) is 40.0 Å². The maximum Gasteiger partial charge on any atom is 0.178 e. The zero-order chi connectivity index (χ0) is 18.0. The van der Waals surface area contributed by atoms with Crippen molar-refractivity contribution in [1.82, 2.24) is 0 Å². The van der Waals surface area contributed by atoms with Gasteiger partial charge < -0.3 is 10.2 Å². The van der Waals surface area contributed by atoms with Crippen LogP contribution in [0.25, 0.3) is 0 Å². The Balaban J connectivity index is 1.81. The molecule has 0 radical (unpaired) electrons. The summed E-state index contributed by atoms with van der Waals surface area (Å²) in [5, 5.41) is 22.4. The van der Waals surface area contributed by atoms with Gasteiger partial charge in [0.15, 0.2) is 5.78 Å². The maximum atomic E-state index is 11.8. The lowest BCUT2D eigenvalue weighted by Crippen LogP contribution is -2.58. The third-order valence-corrected chi connectivity index (χ3v) is 7.54. The molecule has 0 heterocycles. The van der Waals surface area contributed by atoms with E-state index in [-0.39, 0.29) is 29.0 Å². The second-order valence-electron chi connectivity index (χ2n) is 8.65. The smallest absolute Gasteiger partial charge is 0.178 e. The molecule has 2 N–H and O–H groups in total. The Hall–Kier alpha value is -1.63. The third kappa shape index (κ3) is 2.05. The lowest BCUT2D eigenvalue weighted by Gasteiger charge is -2.57. The number of fused-ring (bicyclic) bond motifs is 5. The number of rotatable bonds is 0. The van der Waals surface area contributed by atoms with Gasteiger partial charge >= 0.3 is 0 Å². The van der Waals surface area contributed by atoms with Crippen molar-refractivity contribution in [1.29, 1.82) is 0 Å². The number of carbonyl (C=O) groups excluding carboxylic acids is 1. The summed E-state index contributed by atoms with van der Waals surface area (Å²) in [6.07, 6.45) is 11.1. The monoisotopic (exact) mass is 338 g/mol. The molecule has 25 heavy (non-hydrogen) atoms. The summed E-state index contributed by atoms with van der Waals surface area (Å²) in [6, 6.07) is 0. The van der Waals surface area contributed by atoms with Gasteiger partial charge in [0.25, 0.3) is 0 Å². The van der Waals surface area contributed by atoms with Gasteiger partial charge in [-0.1, -0.05) is 38.0 Å². The first-order valence-corrected chi connectivity index (χ1v) is 9.23. The highest BCUT2D eigenvalue weighted by Crippen LogP contribution is 2.65. The van der Waals surface area contributed by atoms with Gasteiger partial charge in [-0.25, -0.2) is 0 Å². The minimum atomic E-state index is -1.03. The van der Waals surface area contributed by atoms with Crippen molar-refractivity contribution in [3.05, 3.63) is 36.0 Å². The largest absolute Gasteiger partial charge is 0.393 e. The van der Waals surface area contributed by atoms with Crippen LogP contribution in [0.4, 0.5) is 0 Å². The van der Waals surface area contributed by atoms with Crippen molar-refractivity contribution in [2.24, 2.45) is 28.6 Å². The molecular weight excluding hydrogens is 312 g/mol. The van der Waals surface area contributed by atoms with Crippen LogP contribution in [0.5, 0.6) is 0 Å². The van der Waals surface area contributed by atoms with Crippen LogP contribution in [-0.4, -0.2) is 27.7 Å². The highest BCUT2D eigenvalue weighted by atomic mass is 16.3. The average Bonchev–Trinajstić information content (AvgIpc) is 2.79. The zero-order valence-corrected chi connectivity index (χ0v) is 15.1. The second-order valence-corrected chi connectivity index (χ2v) is 8.65. The summed E-state index contributed by atoms with van der Waals surface area (Å²) in [4.78, 5) is 11.8. The van der Waals surface area contributed by atoms with Crippen molar-refractivity contribution < 1.29 is 15.0 Å². The van der Waals surface area contributed by atoms with E-state index >= 15 is 0 Å². The van der Waals surface area contributed by atoms with Crippen LogP contribution in [0, 0.1) is 40.4 Å². The summed E-state index contributed by atoms with van der Waals surface area (Å²) in [7, 11) is 0. The lowest BCUT2D eigenvalue weighted by atomic mass is 9.48. The van der Waals surface area contributed by atoms with E-state index in [0.29, 0.717) is 12.8 Å². The molecule has 0 aromatic heterocycles. The fourth-order valence-corrected chi connectivity index (χ4v) is 6.20. The number of hydrogen-bond donors (Lipinski definition) is 2. The van der Waals surface area contributed by atoms with E-state index in [1.54, 1.807) is 19.1 Å². The van der Waals surface area contributed by atoms with Crippen LogP contribution < -0.4 is 0 Å². The van der Waals surface area contributed by atoms with Gasteiger partial charge in [-0.05, 0) is 55.7 Å². The van der Waals surface area contributed by atoms with Crippen molar-refractivity contribution in [3.63, 3.8) is 0 Å². The second kappa shape index (κ2) is 5.19. The SMILES string of the molecule is CC#CC1(O)CCC2C3C=CC4=CC(=O)C=CC4(C)C3C(O)CC21C. The summed E-state index contributed by atoms with van der Waals surface area (Å²) in [5.74, 6) is 6.45. The maximum absolute atomic E-state index is 11.8. The molecule has 0 aromatic rings. The van der Waals surface area contributed by atoms with E-state index in [0.717, 1.165) is 12.0 Å². The quantitative estimate of drug-likeness (QED) is 0.668. The van der Waals surface area contributed by atoms with Gasteiger partial charge in [-0.15, -0.1) is 5.92 Å². The standard InChI is InChI=1S/C22H26O3/c1-4-9-22(25)11-8-17-16-6-5-14-12-15(23)7-10-20(14,2)19(16)18(24)13-21(17,22)3/h5-7,10,12,16-19,24-25H,8,11,13H2,1-3H3. The highest BCUT2D eigenvalue weighted by molar-refractivity contribution is 6.01. The van der Waals surface area contributed by atoms with Crippen LogP contribution in [0.3, 0.4) is 0 Å². The molecule has 3 nitrogen and oxygen atoms in total. The van der Waals surface area contributed by atoms with Gasteiger partial charge in [0.05, 0.1) is 6.10 Å². The highest BCUT2D eigenvalue weighted by Gasteiger charge is 2.65. The summed E-state index contributed by atoms with van der Waals surface area (Å²) >= 11 is 0. The first kappa shape index (κ1) is 16.8. The molecule has 2 saturated carbocycles. The minimum absolute atomic E-state index is 0.0131. The molecule has 0 aliphatic heterocycles. The number of aliphatic hydroxyl groups excluding tert-OH is 1. The van der Waals surface area contributed by atoms with Gasteiger partial charge in [0, 0.05) is 16.7 Å². The molecule has 3 heteroatoms. The molecule has 132 valence electrons. The molecule has 0 saturated heterocycles. The number of allylic oxidation sites excluding steroid dienone is 6. The Morgan fingerprint density at radius 2 is 2.04 bits per heavy atom. The number of ketones is 1. The lowest BCUT2D eigenvalue weighted by molar-refractivity contribution is -0.129. The normalized spacial score (nSPS) is 50.3. The number of aliphatic hydroxyl groups is 2. The van der Waals surface area contributed by atoms with Crippen molar-refractivity contribution in [2.75, 3.05) is 0 Å². The first-order valence-electron chi connectivity index (χ1n) is 9.23. The Labute approximate surface area is 149 Å². The molecule has 4 aliphatic carbocycles. The molecule has 2 fully saturated rings. The van der Waals surface area contributed by atoms with E-state index in [1.165, 1.54) is 0 Å². The van der Waals surface area contributed by atoms with Crippen molar-refractivity contribution in [2.45, 2.75) is 51.7 Å². The Bertz CT molecular complexity index is 779. The van der Waals surface area contributed by atoms with Crippen molar-refractivity contribution in [3.8, 4) is 11.8 Å². The predicted molar refractivity (Wildman–Crippen MR) is 96.3 cm³/mol. The van der Waals surface area contributed by atoms with Gasteiger partial charge in [0.1, 0.15) is 5.60 Å². The molecule has 7 atom stereocenters. The Morgan fingerprint density at radius 3 is 2.76 bits per heavy atom. The minimum Gasteiger partial charge on any atom is -0.393 e. The molecule has 0 bridgehead atoms. The number of hydrogen-bond acceptors (Lipinski definition) is 3. The van der Waals surface area contributed by atoms with Crippen molar-refractivity contribution >= 4 is 5.78 Å². The van der Waals surface area contributed by atoms with Gasteiger partial charge in [0.2, 0.25) is 0 Å². The fraction of sp³-hybridized carbons (Fsp3) is 0.591. The zero-order valence-electron chi connectivity index (χ0n) is 15.1. The molecule has 4 rings (SSSR count). The summed E-state index contributed by atoms with van der Waals surface area (Å²) in [5.41, 5.74) is -0.773. The van der Waals surface area contributed by atoms with E-state index in [4.69, 9.17) is 0 Å². The molecule has 0 amide bonds. The van der Waals surface area contributed by atoms with Crippen LogP contribution in [0.2, 0.25) is 0 Å². The molecule has 0 aromatic carbocycles. The molecule has 4 aliphatic rings. The van der Waals surface area contributed by atoms with E-state index in [1.807, 2.05) is 6.08 Å². The Morgan fingerprint density at radius 1 is 1.28 bits per heavy atom. The predicted octanol–water partition coefficient (Wildman–Crippen LogP) is 2.80. The van der Waals surface area contributed by atoms with Gasteiger partial charge in [-0.3, -0.25) is 4.79 Å². The molecule has 0 spiro atoms. The third-order valence-electron chi connectivity index (χ3n) is 7.54. The first-order chi connectivity index (χ1) is 11.7. The molecular formula is C22H26O3. The Kier molecular flexibility index (Phi) is 3.49. The fourth-order valence-electron chi connectivity index (χ4n) is 6.20. The average molecular weight is 338 g/mol. The van der Waals surface area contributed by atoms with E-state index in [9.17, 15) is 15.0 Å². The topological polar surface area (TPSA) is 57.5 Å². The summed E-state index contributed by atoms with van der Waals surface area (Å²) in [6.45, 7) is 5.98. The van der Waals surface area contributed by atoms with Gasteiger partial charge in [-0.2, -0.15) is 0 Å². The van der Waals surface area contributed by atoms with E-state index in [2.05, 4.69) is 37.8 Å². The summed E-state index contributed by atoms with van der Waals surface area (Å²) < 4.78 is 0. The van der Waals surface area contributed by atoms with Crippen LogP contribution in [-0.2, 0) is 4.79 Å². The molecule has 7 unspecified atom stereocenters. The van der Waals surface area contributed by atoms with Crippen LogP contribution >= 0.6 is 0 Å². The van der Waals surface area contributed by atoms with Crippen LogP contribution in [0.15, 0.2) is 36.0 Å². The number of carbonyl (C=O) groups is 1. The van der Waals surface area contributed by atoms with E-state index < -0.39 is 17.1 Å².